The van der Waals surface area contributed by atoms with E-state index in [-0.39, 0.29) is 59.9 Å². The van der Waals surface area contributed by atoms with Crippen molar-refractivity contribution in [3.63, 3.8) is 0 Å². The van der Waals surface area contributed by atoms with Crippen LogP contribution in [0.3, 0.4) is 0 Å². The third kappa shape index (κ3) is 18.2. The topological polar surface area (TPSA) is 202 Å². The standard InChI is InChI=1S/C16H21N3O2.C10H8ClNO.C6H14N2O.C2H3N.CH2O3.ClH.Na/c20-15-4-3-13(14-2-1-5-18-16(14)15)12-17-6-7-19-8-10-21-11-9-19;11-6-7-3-4-9(13)10-8(7)2-1-5-12-10;7-1-2-8-3-5-9-6-4-8;1-2-3;2-1-4-3;;/h1-5,17,20H,6-12H2;1-5,13H,6H2;1-7H2;1H3;1,3H;1H;/q;;;;;;+1/p-1. The van der Waals surface area contributed by atoms with Crippen molar-refractivity contribution in [3.8, 4) is 17.6 Å². The van der Waals surface area contributed by atoms with Crippen LogP contribution in [0.25, 0.3) is 21.8 Å². The van der Waals surface area contributed by atoms with E-state index in [0.29, 0.717) is 16.9 Å². The number of carbonyl (C=O) groups is 1. The number of nitriles is 1. The van der Waals surface area contributed by atoms with Gasteiger partial charge in [-0.15, -0.1) is 24.0 Å². The quantitative estimate of drug-likeness (QED) is 0.0432. The van der Waals surface area contributed by atoms with Gasteiger partial charge in [-0.05, 0) is 35.4 Å². The second-order valence-electron chi connectivity index (χ2n) is 10.7. The molecule has 0 spiro atoms. The van der Waals surface area contributed by atoms with Gasteiger partial charge in [0, 0.05) is 94.9 Å². The van der Waals surface area contributed by atoms with E-state index < -0.39 is 0 Å². The summed E-state index contributed by atoms with van der Waals surface area (Å²) in [5, 5.41) is 40.5. The summed E-state index contributed by atoms with van der Waals surface area (Å²) in [5.41, 5.74) is 8.81. The van der Waals surface area contributed by atoms with Crippen molar-refractivity contribution in [2.45, 2.75) is 19.3 Å². The van der Waals surface area contributed by atoms with Crippen LogP contribution in [0.5, 0.6) is 11.5 Å². The Bertz CT molecular complexity index is 1580. The maximum atomic E-state index is 9.84. The number of nitrogens with zero attached hydrogens (tertiary/aromatic N) is 5. The van der Waals surface area contributed by atoms with E-state index in [1.165, 1.54) is 6.92 Å². The number of phenolic OH excluding ortho intramolecular Hbond substituents is 2. The Kier molecular flexibility index (Phi) is 28.9. The Morgan fingerprint density at radius 1 is 0.923 bits per heavy atom. The maximum absolute atomic E-state index is 9.84. The van der Waals surface area contributed by atoms with Crippen LogP contribution >= 0.6 is 24.0 Å². The van der Waals surface area contributed by atoms with Crippen LogP contribution < -0.4 is 45.9 Å². The SMILES string of the molecule is CC#N.Cl.NCCN1CCOCC1.O=CO[O-].Oc1ccc(CCl)c2cccnc12.Oc1ccc(CNCCN2CCOCC2)c2cccnc12.[Na+]. The van der Waals surface area contributed by atoms with Crippen molar-refractivity contribution in [3.05, 3.63) is 72.1 Å². The van der Waals surface area contributed by atoms with Crippen molar-refractivity contribution in [1.29, 1.82) is 5.26 Å². The summed E-state index contributed by atoms with van der Waals surface area (Å²) in [6.07, 6.45) is 3.36. The summed E-state index contributed by atoms with van der Waals surface area (Å²) in [6.45, 7) is 13.4. The number of pyridine rings is 2. The van der Waals surface area contributed by atoms with Crippen molar-refractivity contribution in [2.75, 3.05) is 78.8 Å². The first-order chi connectivity index (χ1) is 24.4. The minimum absolute atomic E-state index is 0. The van der Waals surface area contributed by atoms with Crippen LogP contribution in [-0.2, 0) is 31.6 Å². The third-order valence-corrected chi connectivity index (χ3v) is 7.72. The molecular formula is C35H48Cl2N7NaO7. The predicted octanol–water partition coefficient (Wildman–Crippen LogP) is -0.291. The summed E-state index contributed by atoms with van der Waals surface area (Å²) >= 11 is 5.75. The number of benzene rings is 2. The molecule has 2 fully saturated rings. The van der Waals surface area contributed by atoms with Crippen LogP contribution in [0.2, 0.25) is 0 Å². The van der Waals surface area contributed by atoms with Gasteiger partial charge >= 0.3 is 29.6 Å². The molecule has 4 aromatic rings. The van der Waals surface area contributed by atoms with Gasteiger partial charge in [0.2, 0.25) is 0 Å². The molecule has 2 aliphatic rings. The van der Waals surface area contributed by atoms with E-state index in [4.69, 9.17) is 42.1 Å². The van der Waals surface area contributed by atoms with E-state index in [2.05, 4.69) is 30.0 Å². The fraction of sp³-hybridized carbons (Fsp3) is 0.429. The second kappa shape index (κ2) is 30.6. The Balaban J connectivity index is 0.000000721. The molecule has 2 aromatic carbocycles. The zero-order valence-electron chi connectivity index (χ0n) is 29.8. The fourth-order valence-corrected chi connectivity index (χ4v) is 5.23. The van der Waals surface area contributed by atoms with Gasteiger partial charge in [-0.1, -0.05) is 24.3 Å². The normalized spacial score (nSPS) is 13.7. The third-order valence-electron chi connectivity index (χ3n) is 7.43. The summed E-state index contributed by atoms with van der Waals surface area (Å²) in [5.74, 6) is 0.870. The largest absolute Gasteiger partial charge is 1.00 e. The minimum atomic E-state index is -0.181. The molecule has 0 unspecified atom stereocenters. The molecule has 0 atom stereocenters. The number of hydrogen-bond donors (Lipinski definition) is 4. The smallest absolute Gasteiger partial charge is 0.662 e. The fourth-order valence-electron chi connectivity index (χ4n) is 5.00. The van der Waals surface area contributed by atoms with Gasteiger partial charge in [0.05, 0.1) is 32.5 Å². The van der Waals surface area contributed by atoms with Gasteiger partial charge in [0.25, 0.3) is 6.47 Å². The number of morpholine rings is 2. The Morgan fingerprint density at radius 3 is 1.81 bits per heavy atom. The molecule has 14 nitrogen and oxygen atoms in total. The number of alkyl halides is 1. The number of ether oxygens (including phenoxy) is 2. The maximum Gasteiger partial charge on any atom is 1.00 e. The van der Waals surface area contributed by atoms with E-state index in [0.717, 1.165) is 107 Å². The molecule has 0 bridgehead atoms. The molecule has 2 saturated heterocycles. The molecule has 2 aliphatic heterocycles. The van der Waals surface area contributed by atoms with Crippen LogP contribution in [0.4, 0.5) is 0 Å². The molecule has 280 valence electrons. The average molecular weight is 773 g/mol. The Hall–Kier alpha value is -2.88. The number of halogens is 2. The van der Waals surface area contributed by atoms with Gasteiger partial charge in [0.15, 0.2) is 0 Å². The van der Waals surface area contributed by atoms with Crippen LogP contribution in [0.1, 0.15) is 18.1 Å². The van der Waals surface area contributed by atoms with Gasteiger partial charge in [-0.3, -0.25) is 24.6 Å². The molecule has 2 aromatic heterocycles. The van der Waals surface area contributed by atoms with Crippen molar-refractivity contribution < 1.29 is 64.2 Å². The number of aromatic nitrogens is 2. The molecular weight excluding hydrogens is 724 g/mol. The van der Waals surface area contributed by atoms with Crippen molar-refractivity contribution in [2.24, 2.45) is 5.73 Å². The van der Waals surface area contributed by atoms with Crippen molar-refractivity contribution >= 4 is 52.3 Å². The van der Waals surface area contributed by atoms with Gasteiger partial charge in [-0.2, -0.15) is 5.26 Å². The van der Waals surface area contributed by atoms with Crippen LogP contribution in [0, 0.1) is 11.3 Å². The number of nitrogens with one attached hydrogen (secondary N) is 1. The van der Waals surface area contributed by atoms with Gasteiger partial charge < -0.3 is 40.9 Å². The first-order valence-corrected chi connectivity index (χ1v) is 16.7. The summed E-state index contributed by atoms with van der Waals surface area (Å²) in [6, 6.07) is 16.5. The molecule has 4 heterocycles. The zero-order chi connectivity index (χ0) is 36.4. The summed E-state index contributed by atoms with van der Waals surface area (Å²) in [7, 11) is 0. The van der Waals surface area contributed by atoms with Gasteiger partial charge in [-0.25, -0.2) is 0 Å². The van der Waals surface area contributed by atoms with Crippen LogP contribution in [0.15, 0.2) is 60.9 Å². The molecule has 0 amide bonds. The number of carbonyl (C=O) groups excluding carboxylic acids is 1. The zero-order valence-corrected chi connectivity index (χ0v) is 33.4. The molecule has 0 saturated carbocycles. The number of fused-ring (bicyclic) bond motifs is 2. The van der Waals surface area contributed by atoms with Crippen LogP contribution in [-0.4, -0.2) is 115 Å². The predicted molar refractivity (Wildman–Crippen MR) is 197 cm³/mol. The molecule has 6 rings (SSSR count). The van der Waals surface area contributed by atoms with Crippen molar-refractivity contribution in [1.82, 2.24) is 25.1 Å². The average Bonchev–Trinajstić information content (AvgIpc) is 3.16. The van der Waals surface area contributed by atoms with E-state index >= 15 is 0 Å². The monoisotopic (exact) mass is 771 g/mol. The first-order valence-electron chi connectivity index (χ1n) is 16.1. The molecule has 5 N–H and O–H groups in total. The van der Waals surface area contributed by atoms with E-state index in [9.17, 15) is 10.2 Å². The first kappa shape index (κ1) is 49.1. The Labute approximate surface area is 338 Å². The molecule has 52 heavy (non-hydrogen) atoms. The number of aromatic hydroxyl groups is 2. The number of rotatable bonds is 9. The molecule has 0 aliphatic carbocycles. The number of phenols is 2. The molecule has 17 heteroatoms. The summed E-state index contributed by atoms with van der Waals surface area (Å²) < 4.78 is 10.5. The number of nitrogens with two attached hydrogens (primary N) is 1. The number of hydrogen-bond acceptors (Lipinski definition) is 14. The second-order valence-corrected chi connectivity index (χ2v) is 11.0. The van der Waals surface area contributed by atoms with Gasteiger partial charge in [0.1, 0.15) is 22.5 Å². The summed E-state index contributed by atoms with van der Waals surface area (Å²) in [4.78, 5) is 24.3. The minimum Gasteiger partial charge on any atom is -0.662 e. The van der Waals surface area contributed by atoms with E-state index in [1.54, 1.807) is 30.6 Å². The molecule has 0 radical (unpaired) electrons. The van der Waals surface area contributed by atoms with E-state index in [1.807, 2.05) is 36.4 Å². The Morgan fingerprint density at radius 2 is 1.37 bits per heavy atom.